The summed E-state index contributed by atoms with van der Waals surface area (Å²) in [5, 5.41) is 5.86. The Bertz CT molecular complexity index is 436. The zero-order valence-corrected chi connectivity index (χ0v) is 12.5. The molecule has 106 valence electrons. The molecule has 4 heteroatoms. The number of ether oxygens (including phenoxy) is 1. The van der Waals surface area contributed by atoms with Gasteiger partial charge in [-0.25, -0.2) is 0 Å². The van der Waals surface area contributed by atoms with Crippen molar-refractivity contribution in [2.75, 3.05) is 26.0 Å². The van der Waals surface area contributed by atoms with Gasteiger partial charge in [0.05, 0.1) is 7.11 Å². The van der Waals surface area contributed by atoms with E-state index in [9.17, 15) is 4.79 Å². The molecule has 0 spiro atoms. The number of anilines is 1. The molecule has 0 saturated heterocycles. The van der Waals surface area contributed by atoms with Gasteiger partial charge in [0.2, 0.25) is 5.91 Å². The fraction of sp³-hybridized carbons (Fsp3) is 0.533. The average molecular weight is 264 g/mol. The minimum absolute atomic E-state index is 0.0133. The predicted octanol–water partition coefficient (Wildman–Crippen LogP) is 2.54. The molecule has 0 heterocycles. The molecule has 0 aromatic heterocycles. The summed E-state index contributed by atoms with van der Waals surface area (Å²) in [6, 6.07) is 5.75. The first-order valence-electron chi connectivity index (χ1n) is 6.51. The molecule has 0 aliphatic rings. The lowest BCUT2D eigenvalue weighted by molar-refractivity contribution is -0.116. The maximum Gasteiger partial charge on any atom is 0.225 e. The number of carbonyl (C=O) groups is 1. The van der Waals surface area contributed by atoms with Crippen LogP contribution in [0.3, 0.4) is 0 Å². The zero-order valence-electron chi connectivity index (χ0n) is 12.5. The lowest BCUT2D eigenvalue weighted by Gasteiger charge is -2.23. The van der Waals surface area contributed by atoms with Gasteiger partial charge in [-0.2, -0.15) is 0 Å². The number of hydrogen-bond donors (Lipinski definition) is 2. The third-order valence-electron chi connectivity index (χ3n) is 2.89. The first kappa shape index (κ1) is 15.5. The Hall–Kier alpha value is -1.55. The van der Waals surface area contributed by atoms with E-state index in [1.54, 1.807) is 7.11 Å². The van der Waals surface area contributed by atoms with Crippen molar-refractivity contribution in [3.8, 4) is 5.75 Å². The van der Waals surface area contributed by atoms with Crippen LogP contribution >= 0.6 is 0 Å². The molecule has 4 nitrogen and oxygen atoms in total. The van der Waals surface area contributed by atoms with E-state index in [0.717, 1.165) is 17.0 Å². The highest BCUT2D eigenvalue weighted by molar-refractivity contribution is 5.91. The molecule has 19 heavy (non-hydrogen) atoms. The Morgan fingerprint density at radius 2 is 2.00 bits per heavy atom. The summed E-state index contributed by atoms with van der Waals surface area (Å²) in [5.41, 5.74) is 1.87. The fourth-order valence-corrected chi connectivity index (χ4v) is 1.83. The van der Waals surface area contributed by atoms with Crippen molar-refractivity contribution in [2.24, 2.45) is 0 Å². The van der Waals surface area contributed by atoms with Crippen LogP contribution < -0.4 is 15.4 Å². The lowest BCUT2D eigenvalue weighted by Crippen LogP contribution is -2.19. The van der Waals surface area contributed by atoms with E-state index >= 15 is 0 Å². The van der Waals surface area contributed by atoms with Crippen LogP contribution in [0.1, 0.15) is 32.8 Å². The molecular formula is C15H24N2O2. The first-order chi connectivity index (χ1) is 8.88. The third-order valence-corrected chi connectivity index (χ3v) is 2.89. The molecule has 0 aliphatic heterocycles. The van der Waals surface area contributed by atoms with Gasteiger partial charge >= 0.3 is 0 Å². The van der Waals surface area contributed by atoms with Crippen molar-refractivity contribution >= 4 is 11.6 Å². The molecule has 1 aromatic rings. The monoisotopic (exact) mass is 264 g/mol. The first-order valence-corrected chi connectivity index (χ1v) is 6.51. The molecular weight excluding hydrogens is 240 g/mol. The molecule has 2 N–H and O–H groups in total. The standard InChI is InChI=1S/C15H24N2O2/c1-15(2,3)12-10-11(6-7-13(12)19-5)17-14(18)8-9-16-4/h6-7,10,16H,8-9H2,1-5H3,(H,17,18). The number of rotatable bonds is 5. The van der Waals surface area contributed by atoms with Crippen molar-refractivity contribution in [3.05, 3.63) is 23.8 Å². The highest BCUT2D eigenvalue weighted by atomic mass is 16.5. The number of benzene rings is 1. The summed E-state index contributed by atoms with van der Waals surface area (Å²) in [6.45, 7) is 7.04. The Morgan fingerprint density at radius 3 is 2.53 bits per heavy atom. The number of methoxy groups -OCH3 is 1. The second-order valence-corrected chi connectivity index (χ2v) is 5.57. The maximum absolute atomic E-state index is 11.7. The van der Waals surface area contributed by atoms with E-state index in [-0.39, 0.29) is 11.3 Å². The smallest absolute Gasteiger partial charge is 0.225 e. The topological polar surface area (TPSA) is 50.4 Å². The minimum Gasteiger partial charge on any atom is -0.496 e. The highest BCUT2D eigenvalue weighted by Gasteiger charge is 2.19. The van der Waals surface area contributed by atoms with Gasteiger partial charge in [-0.3, -0.25) is 4.79 Å². The van der Waals surface area contributed by atoms with Gasteiger partial charge < -0.3 is 15.4 Å². The number of amides is 1. The second kappa shape index (κ2) is 6.57. The van der Waals surface area contributed by atoms with Gasteiger partial charge in [0.15, 0.2) is 0 Å². The molecule has 0 atom stereocenters. The number of nitrogens with one attached hydrogen (secondary N) is 2. The molecule has 1 rings (SSSR count). The zero-order chi connectivity index (χ0) is 14.5. The fourth-order valence-electron chi connectivity index (χ4n) is 1.83. The molecule has 0 fully saturated rings. The van der Waals surface area contributed by atoms with E-state index in [1.807, 2.05) is 25.2 Å². The number of carbonyl (C=O) groups excluding carboxylic acids is 1. The van der Waals surface area contributed by atoms with Gasteiger partial charge in [-0.1, -0.05) is 20.8 Å². The van der Waals surface area contributed by atoms with E-state index in [1.165, 1.54) is 0 Å². The van der Waals surface area contributed by atoms with Crippen molar-refractivity contribution in [3.63, 3.8) is 0 Å². The summed E-state index contributed by atoms with van der Waals surface area (Å²) in [5.74, 6) is 0.861. The Morgan fingerprint density at radius 1 is 1.32 bits per heavy atom. The third kappa shape index (κ3) is 4.56. The van der Waals surface area contributed by atoms with Crippen LogP contribution in [0.15, 0.2) is 18.2 Å². The van der Waals surface area contributed by atoms with Gasteiger partial charge in [0.1, 0.15) is 5.75 Å². The van der Waals surface area contributed by atoms with Gasteiger partial charge in [-0.05, 0) is 30.7 Å². The van der Waals surface area contributed by atoms with Gasteiger partial charge in [-0.15, -0.1) is 0 Å². The Kier molecular flexibility index (Phi) is 5.36. The summed E-state index contributed by atoms with van der Waals surface area (Å²) < 4.78 is 5.37. The average Bonchev–Trinajstić information content (AvgIpc) is 2.35. The highest BCUT2D eigenvalue weighted by Crippen LogP contribution is 2.33. The Balaban J connectivity index is 2.90. The summed E-state index contributed by atoms with van der Waals surface area (Å²) >= 11 is 0. The van der Waals surface area contributed by atoms with Crippen molar-refractivity contribution in [1.29, 1.82) is 0 Å². The van der Waals surface area contributed by atoms with Crippen LogP contribution in [0, 0.1) is 0 Å². The summed E-state index contributed by atoms with van der Waals surface area (Å²) in [6.07, 6.45) is 0.466. The SMILES string of the molecule is CNCCC(=O)Nc1ccc(OC)c(C(C)(C)C)c1. The predicted molar refractivity (Wildman–Crippen MR) is 78.9 cm³/mol. The van der Waals surface area contributed by atoms with Crippen molar-refractivity contribution in [1.82, 2.24) is 5.32 Å². The van der Waals surface area contributed by atoms with Crippen LogP contribution in [0.4, 0.5) is 5.69 Å². The van der Waals surface area contributed by atoms with E-state index in [2.05, 4.69) is 31.4 Å². The summed E-state index contributed by atoms with van der Waals surface area (Å²) in [4.78, 5) is 11.7. The van der Waals surface area contributed by atoms with Crippen LogP contribution in [-0.2, 0) is 10.2 Å². The summed E-state index contributed by atoms with van der Waals surface area (Å²) in [7, 11) is 3.49. The van der Waals surface area contributed by atoms with Crippen LogP contribution in [-0.4, -0.2) is 26.6 Å². The molecule has 1 amide bonds. The van der Waals surface area contributed by atoms with Gasteiger partial charge in [0, 0.05) is 24.2 Å². The van der Waals surface area contributed by atoms with Crippen molar-refractivity contribution in [2.45, 2.75) is 32.6 Å². The minimum atomic E-state index is -0.0307. The second-order valence-electron chi connectivity index (χ2n) is 5.57. The molecule has 0 aliphatic carbocycles. The maximum atomic E-state index is 11.7. The lowest BCUT2D eigenvalue weighted by atomic mass is 9.86. The van der Waals surface area contributed by atoms with Crippen LogP contribution in [0.25, 0.3) is 0 Å². The molecule has 1 aromatic carbocycles. The normalized spacial score (nSPS) is 11.2. The van der Waals surface area contributed by atoms with E-state index in [4.69, 9.17) is 4.74 Å². The molecule has 0 unspecified atom stereocenters. The van der Waals surface area contributed by atoms with Gasteiger partial charge in [0.25, 0.3) is 0 Å². The largest absolute Gasteiger partial charge is 0.496 e. The van der Waals surface area contributed by atoms with E-state index < -0.39 is 0 Å². The quantitative estimate of drug-likeness (QED) is 0.859. The van der Waals surface area contributed by atoms with E-state index in [0.29, 0.717) is 13.0 Å². The molecule has 0 saturated carbocycles. The molecule has 0 radical (unpaired) electrons. The molecule has 0 bridgehead atoms. The Labute approximate surface area is 115 Å². The van der Waals surface area contributed by atoms with Crippen molar-refractivity contribution < 1.29 is 9.53 Å². The number of hydrogen-bond acceptors (Lipinski definition) is 3. The van der Waals surface area contributed by atoms with Crippen LogP contribution in [0.5, 0.6) is 5.75 Å². The van der Waals surface area contributed by atoms with Crippen LogP contribution in [0.2, 0.25) is 0 Å².